The highest BCUT2D eigenvalue weighted by molar-refractivity contribution is 5.61. The van der Waals surface area contributed by atoms with Crippen molar-refractivity contribution in [2.24, 2.45) is 0 Å². The highest BCUT2D eigenvalue weighted by Crippen LogP contribution is 2.38. The summed E-state index contributed by atoms with van der Waals surface area (Å²) in [6.45, 7) is 3.07. The van der Waals surface area contributed by atoms with Crippen molar-refractivity contribution in [1.29, 1.82) is 0 Å². The van der Waals surface area contributed by atoms with Gasteiger partial charge in [0.25, 0.3) is 0 Å². The van der Waals surface area contributed by atoms with Gasteiger partial charge in [0.2, 0.25) is 0 Å². The number of rotatable bonds is 0. The maximum absolute atomic E-state index is 13.9. The van der Waals surface area contributed by atoms with Crippen LogP contribution in [0.5, 0.6) is 0 Å². The third-order valence-corrected chi connectivity index (χ3v) is 2.66. The molecule has 2 fully saturated rings. The molecule has 0 aromatic carbocycles. The molecule has 74 valence electrons. The number of cyclic esters (lactones) is 1. The quantitative estimate of drug-likeness (QED) is 0.535. The van der Waals surface area contributed by atoms with Gasteiger partial charge in [-0.3, -0.25) is 0 Å². The van der Waals surface area contributed by atoms with Crippen LogP contribution in [-0.2, 0) is 14.2 Å². The molecule has 2 saturated heterocycles. The Morgan fingerprint density at radius 2 is 2.31 bits per heavy atom. The lowest BCUT2D eigenvalue weighted by Gasteiger charge is -2.28. The molecule has 0 radical (unpaired) electrons. The van der Waals surface area contributed by atoms with E-state index in [2.05, 4.69) is 4.74 Å². The van der Waals surface area contributed by atoms with Gasteiger partial charge >= 0.3 is 6.16 Å². The fraction of sp³-hybridized carbons (Fsp3) is 0.875. The summed E-state index contributed by atoms with van der Waals surface area (Å²) in [7, 11) is 0. The van der Waals surface area contributed by atoms with Crippen LogP contribution in [0.15, 0.2) is 0 Å². The van der Waals surface area contributed by atoms with Crippen LogP contribution < -0.4 is 0 Å². The Morgan fingerprint density at radius 3 is 3.00 bits per heavy atom. The Bertz CT molecular complexity index is 240. The lowest BCUT2D eigenvalue weighted by Crippen LogP contribution is -2.47. The van der Waals surface area contributed by atoms with Gasteiger partial charge in [-0.2, -0.15) is 0 Å². The lowest BCUT2D eigenvalue weighted by atomic mass is 9.95. The van der Waals surface area contributed by atoms with Crippen LogP contribution >= 0.6 is 0 Å². The average molecular weight is 190 g/mol. The van der Waals surface area contributed by atoms with Gasteiger partial charge in [-0.15, -0.1) is 0 Å². The predicted octanol–water partition coefficient (Wildman–Crippen LogP) is 1.04. The summed E-state index contributed by atoms with van der Waals surface area (Å²) in [5.41, 5.74) is -1.62. The van der Waals surface area contributed by atoms with E-state index in [9.17, 15) is 9.18 Å². The van der Waals surface area contributed by atoms with Crippen molar-refractivity contribution in [3.63, 3.8) is 0 Å². The molecular formula is C8H11FO4. The van der Waals surface area contributed by atoms with Crippen molar-refractivity contribution in [1.82, 2.24) is 0 Å². The third kappa shape index (κ3) is 1.18. The van der Waals surface area contributed by atoms with Gasteiger partial charge in [-0.25, -0.2) is 9.18 Å². The first-order valence-corrected chi connectivity index (χ1v) is 4.19. The number of ether oxygens (including phenoxy) is 3. The molecule has 0 aromatic heterocycles. The van der Waals surface area contributed by atoms with Crippen LogP contribution in [0.4, 0.5) is 9.18 Å². The SMILES string of the molecule is C[C@@H]1O[C@@H]2COC(=O)O[C@H]2[C@@]1(C)F. The number of alkyl halides is 1. The Labute approximate surface area is 74.9 Å². The first-order valence-electron chi connectivity index (χ1n) is 4.19. The second-order valence-electron chi connectivity index (χ2n) is 3.57. The van der Waals surface area contributed by atoms with Gasteiger partial charge in [-0.1, -0.05) is 0 Å². The Morgan fingerprint density at radius 1 is 1.62 bits per heavy atom. The van der Waals surface area contributed by atoms with E-state index in [0.29, 0.717) is 0 Å². The van der Waals surface area contributed by atoms with Crippen molar-refractivity contribution >= 4 is 6.16 Å². The fourth-order valence-corrected chi connectivity index (χ4v) is 1.67. The molecule has 0 aliphatic carbocycles. The van der Waals surface area contributed by atoms with Gasteiger partial charge in [0.05, 0.1) is 6.10 Å². The van der Waals surface area contributed by atoms with Gasteiger partial charge in [0.1, 0.15) is 12.7 Å². The molecule has 13 heavy (non-hydrogen) atoms. The molecule has 2 heterocycles. The Balaban J connectivity index is 2.20. The van der Waals surface area contributed by atoms with Gasteiger partial charge in [0.15, 0.2) is 11.8 Å². The number of halogens is 1. The summed E-state index contributed by atoms with van der Waals surface area (Å²) in [5, 5.41) is 0. The van der Waals surface area contributed by atoms with Crippen molar-refractivity contribution in [2.45, 2.75) is 37.8 Å². The first kappa shape index (κ1) is 8.74. The molecule has 2 aliphatic rings. The summed E-state index contributed by atoms with van der Waals surface area (Å²) >= 11 is 0. The second-order valence-corrected chi connectivity index (χ2v) is 3.57. The standard InChI is InChI=1S/C8H11FO4/c1-4-8(2,9)6-5(12-4)3-11-7(10)13-6/h4-6H,3H2,1-2H3/t4-,5+,6+,8-/m0/s1. The Kier molecular flexibility index (Phi) is 1.73. The smallest absolute Gasteiger partial charge is 0.431 e. The maximum atomic E-state index is 13.9. The number of carbonyl (C=O) groups excluding carboxylic acids is 1. The number of hydrogen-bond donors (Lipinski definition) is 0. The minimum absolute atomic E-state index is 0.0767. The number of fused-ring (bicyclic) bond motifs is 1. The highest BCUT2D eigenvalue weighted by Gasteiger charge is 2.57. The summed E-state index contributed by atoms with van der Waals surface area (Å²) in [4.78, 5) is 10.7. The topological polar surface area (TPSA) is 44.8 Å². The molecular weight excluding hydrogens is 179 g/mol. The molecule has 0 amide bonds. The van der Waals surface area contributed by atoms with E-state index in [0.717, 1.165) is 0 Å². The van der Waals surface area contributed by atoms with Gasteiger partial charge in [-0.05, 0) is 13.8 Å². The predicted molar refractivity (Wildman–Crippen MR) is 40.1 cm³/mol. The normalized spacial score (nSPS) is 49.5. The second kappa shape index (κ2) is 2.57. The van der Waals surface area contributed by atoms with Crippen LogP contribution in [0.25, 0.3) is 0 Å². The zero-order valence-electron chi connectivity index (χ0n) is 7.45. The molecule has 5 heteroatoms. The van der Waals surface area contributed by atoms with E-state index in [1.165, 1.54) is 6.92 Å². The van der Waals surface area contributed by atoms with E-state index in [-0.39, 0.29) is 6.61 Å². The number of carbonyl (C=O) groups is 1. The van der Waals surface area contributed by atoms with E-state index >= 15 is 0 Å². The molecule has 0 aromatic rings. The fourth-order valence-electron chi connectivity index (χ4n) is 1.67. The van der Waals surface area contributed by atoms with Crippen molar-refractivity contribution in [3.05, 3.63) is 0 Å². The zero-order valence-corrected chi connectivity index (χ0v) is 7.45. The summed E-state index contributed by atoms with van der Waals surface area (Å²) in [5.74, 6) is 0. The highest BCUT2D eigenvalue weighted by atomic mass is 19.1. The Hall–Kier alpha value is -0.840. The first-order chi connectivity index (χ1) is 6.01. The molecule has 2 rings (SSSR count). The van der Waals surface area contributed by atoms with Crippen LogP contribution in [0, 0.1) is 0 Å². The summed E-state index contributed by atoms with van der Waals surface area (Å²) in [6, 6.07) is 0. The van der Waals surface area contributed by atoms with Gasteiger partial charge < -0.3 is 14.2 Å². The third-order valence-electron chi connectivity index (χ3n) is 2.66. The van der Waals surface area contributed by atoms with Crippen molar-refractivity contribution in [3.8, 4) is 0 Å². The molecule has 0 saturated carbocycles. The van der Waals surface area contributed by atoms with E-state index in [1.807, 2.05) is 0 Å². The molecule has 4 atom stereocenters. The average Bonchev–Trinajstić information content (AvgIpc) is 2.27. The molecule has 0 bridgehead atoms. The van der Waals surface area contributed by atoms with Crippen LogP contribution in [-0.4, -0.2) is 36.7 Å². The monoisotopic (exact) mass is 190 g/mol. The number of hydrogen-bond acceptors (Lipinski definition) is 4. The van der Waals surface area contributed by atoms with E-state index < -0.39 is 30.1 Å². The molecule has 4 nitrogen and oxygen atoms in total. The van der Waals surface area contributed by atoms with Crippen molar-refractivity contribution in [2.75, 3.05) is 6.61 Å². The van der Waals surface area contributed by atoms with Crippen LogP contribution in [0.3, 0.4) is 0 Å². The molecule has 0 unspecified atom stereocenters. The van der Waals surface area contributed by atoms with E-state index in [1.54, 1.807) is 6.92 Å². The van der Waals surface area contributed by atoms with Crippen LogP contribution in [0.2, 0.25) is 0 Å². The minimum Gasteiger partial charge on any atom is -0.431 e. The summed E-state index contributed by atoms with van der Waals surface area (Å²) in [6.07, 6.45) is -2.69. The molecule has 0 N–H and O–H groups in total. The zero-order chi connectivity index (χ0) is 9.64. The summed E-state index contributed by atoms with van der Waals surface area (Å²) < 4.78 is 28.4. The van der Waals surface area contributed by atoms with Crippen molar-refractivity contribution < 1.29 is 23.4 Å². The maximum Gasteiger partial charge on any atom is 0.508 e. The van der Waals surface area contributed by atoms with Crippen LogP contribution in [0.1, 0.15) is 13.8 Å². The molecule has 2 aliphatic heterocycles. The molecule has 0 spiro atoms. The van der Waals surface area contributed by atoms with E-state index in [4.69, 9.17) is 9.47 Å². The lowest BCUT2D eigenvalue weighted by molar-refractivity contribution is -0.0962. The largest absolute Gasteiger partial charge is 0.508 e. The minimum atomic E-state index is -1.62. The van der Waals surface area contributed by atoms with Gasteiger partial charge in [0, 0.05) is 0 Å².